The second-order valence-electron chi connectivity index (χ2n) is 8.16. The lowest BCUT2D eigenvalue weighted by Crippen LogP contribution is -2.39. The van der Waals surface area contributed by atoms with Gasteiger partial charge in [-0.15, -0.1) is 0 Å². The minimum absolute atomic E-state index is 0.206. The molecule has 2 aromatic rings. The Morgan fingerprint density at radius 2 is 1.96 bits per heavy atom. The lowest BCUT2D eigenvalue weighted by Gasteiger charge is -2.28. The van der Waals surface area contributed by atoms with Gasteiger partial charge in [0.05, 0.1) is 33.3 Å². The summed E-state index contributed by atoms with van der Waals surface area (Å²) in [5.41, 5.74) is 2.15. The monoisotopic (exact) mass is 409 g/mol. The van der Waals surface area contributed by atoms with E-state index in [0.717, 1.165) is 41.3 Å². The van der Waals surface area contributed by atoms with Gasteiger partial charge in [0.15, 0.2) is 5.76 Å². The van der Waals surface area contributed by atoms with Gasteiger partial charge in [0.2, 0.25) is 0 Å². The Morgan fingerprint density at radius 3 is 2.57 bits per heavy atom. The van der Waals surface area contributed by atoms with Crippen LogP contribution in [0.25, 0.3) is 0 Å². The minimum atomic E-state index is -0.509. The van der Waals surface area contributed by atoms with Gasteiger partial charge >= 0.3 is 5.88 Å². The summed E-state index contributed by atoms with van der Waals surface area (Å²) in [6, 6.07) is 7.10. The average molecular weight is 410 g/mol. The van der Waals surface area contributed by atoms with E-state index >= 15 is 0 Å². The van der Waals surface area contributed by atoms with Gasteiger partial charge in [-0.2, -0.15) is 0 Å². The van der Waals surface area contributed by atoms with Crippen molar-refractivity contribution in [3.05, 3.63) is 56.3 Å². The number of benzene rings is 1. The summed E-state index contributed by atoms with van der Waals surface area (Å²) < 4.78 is 12.0. The van der Waals surface area contributed by atoms with Crippen LogP contribution < -0.4 is 4.74 Å². The summed E-state index contributed by atoms with van der Waals surface area (Å²) in [7, 11) is 4.18. The number of hydrogen-bond donors (Lipinski definition) is 0. The Hall–Kier alpha value is -2.05. The predicted octanol–water partition coefficient (Wildman–Crippen LogP) is 5.71. The Kier molecular flexibility index (Phi) is 7.49. The van der Waals surface area contributed by atoms with Crippen molar-refractivity contribution >= 4 is 17.5 Å². The standard InChI is InChI=1S/C21H30ClN2O4/c1-15(2)18-13-19(22)16(3)12-20(18)27-11-7-6-10-24(4,5)14-17-8-9-21(28-17)23(25)26/h8-9,12-13,15H,6-7,10-11,14H2,1-5H3/q+1. The zero-order chi connectivity index (χ0) is 20.9. The first-order valence-corrected chi connectivity index (χ1v) is 9.95. The number of hydrogen-bond acceptors (Lipinski definition) is 4. The van der Waals surface area contributed by atoms with Crippen LogP contribution in [0.15, 0.2) is 28.7 Å². The summed E-state index contributed by atoms with van der Waals surface area (Å²) in [6.45, 7) is 8.43. The van der Waals surface area contributed by atoms with Crippen LogP contribution in [0.3, 0.4) is 0 Å². The molecule has 0 fully saturated rings. The van der Waals surface area contributed by atoms with Gasteiger partial charge < -0.3 is 13.6 Å². The third kappa shape index (κ3) is 6.24. The number of nitro groups is 1. The number of halogens is 1. The molecule has 2 rings (SSSR count). The van der Waals surface area contributed by atoms with Crippen LogP contribution in [0.4, 0.5) is 5.88 Å². The van der Waals surface area contributed by atoms with E-state index in [1.807, 2.05) is 19.1 Å². The quantitative estimate of drug-likeness (QED) is 0.218. The van der Waals surface area contributed by atoms with Gasteiger partial charge in [-0.3, -0.25) is 10.1 Å². The molecule has 0 bridgehead atoms. The number of aryl methyl sites for hydroxylation is 1. The number of nitrogens with zero attached hydrogens (tertiary/aromatic N) is 2. The van der Waals surface area contributed by atoms with E-state index < -0.39 is 4.92 Å². The van der Waals surface area contributed by atoms with Gasteiger partial charge in [0.1, 0.15) is 17.2 Å². The third-order valence-corrected chi connectivity index (χ3v) is 5.15. The van der Waals surface area contributed by atoms with E-state index in [2.05, 4.69) is 27.9 Å². The number of ether oxygens (including phenoxy) is 1. The second kappa shape index (κ2) is 9.43. The van der Waals surface area contributed by atoms with E-state index in [1.165, 1.54) is 6.07 Å². The molecule has 1 aromatic heterocycles. The maximum absolute atomic E-state index is 10.7. The van der Waals surface area contributed by atoms with Crippen LogP contribution in [0.2, 0.25) is 5.02 Å². The fraction of sp³-hybridized carbons (Fsp3) is 0.524. The highest BCUT2D eigenvalue weighted by atomic mass is 35.5. The molecule has 0 unspecified atom stereocenters. The molecule has 1 aromatic carbocycles. The molecule has 1 heterocycles. The van der Waals surface area contributed by atoms with Crippen LogP contribution in [-0.2, 0) is 6.54 Å². The summed E-state index contributed by atoms with van der Waals surface area (Å²) in [5.74, 6) is 1.68. The molecule has 0 radical (unpaired) electrons. The molecule has 0 spiro atoms. The zero-order valence-corrected chi connectivity index (χ0v) is 18.1. The van der Waals surface area contributed by atoms with Crippen molar-refractivity contribution in [2.75, 3.05) is 27.2 Å². The number of unbranched alkanes of at least 4 members (excludes halogenated alkanes) is 1. The maximum Gasteiger partial charge on any atom is 0.433 e. The predicted molar refractivity (Wildman–Crippen MR) is 111 cm³/mol. The van der Waals surface area contributed by atoms with Gasteiger partial charge in [-0.25, -0.2) is 0 Å². The van der Waals surface area contributed by atoms with E-state index in [0.29, 0.717) is 29.3 Å². The first-order valence-electron chi connectivity index (χ1n) is 9.57. The van der Waals surface area contributed by atoms with E-state index in [1.54, 1.807) is 6.07 Å². The van der Waals surface area contributed by atoms with Crippen molar-refractivity contribution < 1.29 is 18.6 Å². The summed E-state index contributed by atoms with van der Waals surface area (Å²) in [6.07, 6.45) is 1.92. The zero-order valence-electron chi connectivity index (χ0n) is 17.3. The van der Waals surface area contributed by atoms with Crippen LogP contribution in [0, 0.1) is 17.0 Å². The molecule has 0 amide bonds. The van der Waals surface area contributed by atoms with Crippen molar-refractivity contribution in [3.63, 3.8) is 0 Å². The number of rotatable bonds is 10. The Balaban J connectivity index is 1.82. The largest absolute Gasteiger partial charge is 0.493 e. The highest BCUT2D eigenvalue weighted by Gasteiger charge is 2.20. The minimum Gasteiger partial charge on any atom is -0.493 e. The van der Waals surface area contributed by atoms with Gasteiger partial charge in [-0.1, -0.05) is 25.4 Å². The highest BCUT2D eigenvalue weighted by Crippen LogP contribution is 2.32. The number of quaternary nitrogens is 1. The Morgan fingerprint density at radius 1 is 1.25 bits per heavy atom. The molecular weight excluding hydrogens is 380 g/mol. The molecule has 0 aliphatic carbocycles. The molecule has 0 saturated carbocycles. The maximum atomic E-state index is 10.7. The van der Waals surface area contributed by atoms with Crippen molar-refractivity contribution in [1.29, 1.82) is 0 Å². The molecule has 28 heavy (non-hydrogen) atoms. The molecule has 6 nitrogen and oxygen atoms in total. The van der Waals surface area contributed by atoms with Crippen molar-refractivity contribution in [2.24, 2.45) is 0 Å². The topological polar surface area (TPSA) is 65.5 Å². The van der Waals surface area contributed by atoms with Crippen LogP contribution in [0.5, 0.6) is 5.75 Å². The van der Waals surface area contributed by atoms with Gasteiger partial charge in [0, 0.05) is 5.02 Å². The first kappa shape index (κ1) is 22.2. The molecule has 154 valence electrons. The van der Waals surface area contributed by atoms with E-state index in [-0.39, 0.29) is 5.88 Å². The normalized spacial score (nSPS) is 11.8. The molecule has 0 N–H and O–H groups in total. The third-order valence-electron chi connectivity index (χ3n) is 4.74. The summed E-state index contributed by atoms with van der Waals surface area (Å²) in [4.78, 5) is 10.2. The molecule has 0 saturated heterocycles. The van der Waals surface area contributed by atoms with Crippen LogP contribution in [-0.4, -0.2) is 36.7 Å². The molecule has 7 heteroatoms. The molecular formula is C21H30ClN2O4+. The highest BCUT2D eigenvalue weighted by molar-refractivity contribution is 6.31. The van der Waals surface area contributed by atoms with E-state index in [9.17, 15) is 10.1 Å². The van der Waals surface area contributed by atoms with Crippen molar-refractivity contribution in [2.45, 2.75) is 46.1 Å². The van der Waals surface area contributed by atoms with Crippen molar-refractivity contribution in [3.8, 4) is 5.75 Å². The SMILES string of the molecule is Cc1cc(OCCCC[N+](C)(C)Cc2ccc([N+](=O)[O-])o2)c(C(C)C)cc1Cl. The van der Waals surface area contributed by atoms with Crippen LogP contribution >= 0.6 is 11.6 Å². The fourth-order valence-electron chi connectivity index (χ4n) is 3.12. The lowest BCUT2D eigenvalue weighted by molar-refractivity contribution is -0.904. The summed E-state index contributed by atoms with van der Waals surface area (Å²) in [5, 5.41) is 11.5. The van der Waals surface area contributed by atoms with E-state index in [4.69, 9.17) is 20.8 Å². The van der Waals surface area contributed by atoms with Crippen molar-refractivity contribution in [1.82, 2.24) is 0 Å². The number of furan rings is 1. The molecule has 0 aliphatic rings. The molecule has 0 aliphatic heterocycles. The smallest absolute Gasteiger partial charge is 0.433 e. The summed E-state index contributed by atoms with van der Waals surface area (Å²) >= 11 is 6.25. The fourth-order valence-corrected chi connectivity index (χ4v) is 3.29. The average Bonchev–Trinajstić information content (AvgIpc) is 3.05. The van der Waals surface area contributed by atoms with Crippen LogP contribution in [0.1, 0.15) is 49.5 Å². The second-order valence-corrected chi connectivity index (χ2v) is 8.57. The lowest BCUT2D eigenvalue weighted by atomic mass is 10.0. The van der Waals surface area contributed by atoms with Gasteiger partial charge in [-0.05, 0) is 55.0 Å². The van der Waals surface area contributed by atoms with Gasteiger partial charge in [0.25, 0.3) is 0 Å². The Bertz CT molecular complexity index is 815. The Labute approximate surface area is 171 Å². The first-order chi connectivity index (χ1) is 13.1. The molecule has 0 atom stereocenters.